The van der Waals surface area contributed by atoms with E-state index in [0.717, 1.165) is 34.9 Å². The number of benzene rings is 2. The monoisotopic (exact) mass is 436 g/mol. The molecule has 1 aromatic heterocycles. The molecule has 1 saturated heterocycles. The zero-order valence-electron chi connectivity index (χ0n) is 18.6. The van der Waals surface area contributed by atoms with Crippen molar-refractivity contribution in [3.8, 4) is 17.2 Å². The first kappa shape index (κ1) is 21.9. The summed E-state index contributed by atoms with van der Waals surface area (Å²) in [6.45, 7) is 0.672. The molecular weight excluding hydrogens is 408 g/mol. The molecule has 0 aliphatic carbocycles. The van der Waals surface area contributed by atoms with Gasteiger partial charge in [0.05, 0.1) is 32.9 Å². The second-order valence-electron chi connectivity index (χ2n) is 7.91. The number of ether oxygens (including phenoxy) is 3. The number of methoxy groups -OCH3 is 3. The molecule has 0 spiro atoms. The summed E-state index contributed by atoms with van der Waals surface area (Å²) in [7, 11) is 4.72. The van der Waals surface area contributed by atoms with Gasteiger partial charge in [-0.3, -0.25) is 14.7 Å². The van der Waals surface area contributed by atoms with Crippen molar-refractivity contribution in [2.24, 2.45) is 0 Å². The summed E-state index contributed by atoms with van der Waals surface area (Å²) in [5, 5.41) is 11.0. The minimum atomic E-state index is -0.809. The summed E-state index contributed by atoms with van der Waals surface area (Å²) in [6.07, 6.45) is 4.28. The van der Waals surface area contributed by atoms with Gasteiger partial charge in [-0.15, -0.1) is 0 Å². The lowest BCUT2D eigenvalue weighted by Crippen LogP contribution is -2.46. The third-order valence-corrected chi connectivity index (χ3v) is 6.09. The predicted octanol–water partition coefficient (Wildman–Crippen LogP) is 4.29. The fourth-order valence-corrected chi connectivity index (χ4v) is 4.60. The van der Waals surface area contributed by atoms with E-state index in [4.69, 9.17) is 14.2 Å². The van der Waals surface area contributed by atoms with Crippen LogP contribution in [0.15, 0.2) is 48.7 Å². The second kappa shape index (κ2) is 9.44. The number of hydrogen-bond donors (Lipinski definition) is 1. The molecule has 1 aliphatic rings. The van der Waals surface area contributed by atoms with Crippen LogP contribution in [0.25, 0.3) is 10.9 Å². The van der Waals surface area contributed by atoms with E-state index >= 15 is 0 Å². The lowest BCUT2D eigenvalue weighted by atomic mass is 9.91. The quantitative estimate of drug-likeness (QED) is 0.592. The largest absolute Gasteiger partial charge is 0.493 e. The van der Waals surface area contributed by atoms with Gasteiger partial charge in [-0.05, 0) is 54.8 Å². The van der Waals surface area contributed by atoms with E-state index in [1.165, 1.54) is 0 Å². The van der Waals surface area contributed by atoms with Crippen molar-refractivity contribution in [2.45, 2.75) is 31.3 Å². The van der Waals surface area contributed by atoms with Crippen molar-refractivity contribution in [1.82, 2.24) is 9.88 Å². The van der Waals surface area contributed by atoms with Crippen LogP contribution in [0.2, 0.25) is 0 Å². The molecule has 1 aliphatic heterocycles. The van der Waals surface area contributed by atoms with E-state index in [0.29, 0.717) is 30.2 Å². The van der Waals surface area contributed by atoms with Crippen LogP contribution < -0.4 is 14.2 Å². The summed E-state index contributed by atoms with van der Waals surface area (Å²) in [6, 6.07) is 12.9. The molecule has 2 atom stereocenters. The van der Waals surface area contributed by atoms with Gasteiger partial charge in [0.25, 0.3) is 0 Å². The number of fused-ring (bicyclic) bond motifs is 1. The molecule has 3 aromatic rings. The predicted molar refractivity (Wildman–Crippen MR) is 122 cm³/mol. The molecular formula is C25H28N2O5. The Hall–Kier alpha value is -3.32. The molecule has 0 saturated carbocycles. The minimum Gasteiger partial charge on any atom is -0.493 e. The van der Waals surface area contributed by atoms with Crippen LogP contribution >= 0.6 is 0 Å². The van der Waals surface area contributed by atoms with Crippen LogP contribution in [0.4, 0.5) is 0 Å². The number of aliphatic carboxylic acids is 1. The molecule has 2 heterocycles. The fraction of sp³-hybridized carbons (Fsp3) is 0.360. The van der Waals surface area contributed by atoms with Gasteiger partial charge in [-0.1, -0.05) is 24.6 Å². The van der Waals surface area contributed by atoms with Gasteiger partial charge in [0, 0.05) is 11.6 Å². The Balaban J connectivity index is 1.92. The molecule has 0 amide bonds. The highest BCUT2D eigenvalue weighted by atomic mass is 16.5. The maximum atomic E-state index is 12.2. The summed E-state index contributed by atoms with van der Waals surface area (Å²) in [5.41, 5.74) is 2.68. The Kier molecular flexibility index (Phi) is 6.46. The van der Waals surface area contributed by atoms with Gasteiger partial charge in [-0.25, -0.2) is 0 Å². The van der Waals surface area contributed by atoms with Gasteiger partial charge in [0.1, 0.15) is 6.04 Å². The van der Waals surface area contributed by atoms with E-state index in [1.54, 1.807) is 21.3 Å². The molecule has 32 heavy (non-hydrogen) atoms. The standard InChI is InChI=1S/C25H28N2O5/c1-30-21-13-17(14-22(31-2)24(21)32-3)23(27-11-7-6-10-20(27)25(28)29)18-12-16-8-4-5-9-19(16)26-15-18/h4-5,8-9,12-15,20,23H,6-7,10-11H2,1-3H3,(H,28,29). The van der Waals surface area contributed by atoms with Crippen molar-refractivity contribution >= 4 is 16.9 Å². The number of likely N-dealkylation sites (tertiary alicyclic amines) is 1. The number of pyridine rings is 1. The van der Waals surface area contributed by atoms with Crippen molar-refractivity contribution in [1.29, 1.82) is 0 Å². The number of carboxylic acid groups (broad SMARTS) is 1. The number of para-hydroxylation sites is 1. The number of carboxylic acids is 1. The van der Waals surface area contributed by atoms with Gasteiger partial charge in [0.15, 0.2) is 11.5 Å². The van der Waals surface area contributed by atoms with Crippen LogP contribution in [0.5, 0.6) is 17.2 Å². The Morgan fingerprint density at radius 2 is 1.75 bits per heavy atom. The van der Waals surface area contributed by atoms with Gasteiger partial charge in [-0.2, -0.15) is 0 Å². The average molecular weight is 437 g/mol. The molecule has 7 nitrogen and oxygen atoms in total. The summed E-state index contributed by atoms with van der Waals surface area (Å²) < 4.78 is 16.7. The summed E-state index contributed by atoms with van der Waals surface area (Å²) >= 11 is 0. The number of carbonyl (C=O) groups is 1. The average Bonchev–Trinajstić information content (AvgIpc) is 2.83. The van der Waals surface area contributed by atoms with Crippen LogP contribution in [-0.2, 0) is 4.79 Å². The highest BCUT2D eigenvalue weighted by molar-refractivity contribution is 5.79. The number of piperidine rings is 1. The number of nitrogens with zero attached hydrogens (tertiary/aromatic N) is 2. The number of aromatic nitrogens is 1. The van der Waals surface area contributed by atoms with Gasteiger partial charge in [0.2, 0.25) is 5.75 Å². The molecule has 1 fully saturated rings. The van der Waals surface area contributed by atoms with Crippen molar-refractivity contribution in [2.75, 3.05) is 27.9 Å². The molecule has 0 bridgehead atoms. The van der Waals surface area contributed by atoms with E-state index in [9.17, 15) is 9.90 Å². The van der Waals surface area contributed by atoms with Crippen LogP contribution in [0.3, 0.4) is 0 Å². The molecule has 7 heteroatoms. The third-order valence-electron chi connectivity index (χ3n) is 6.09. The fourth-order valence-electron chi connectivity index (χ4n) is 4.60. The van der Waals surface area contributed by atoms with E-state index < -0.39 is 12.0 Å². The lowest BCUT2D eigenvalue weighted by Gasteiger charge is -2.39. The maximum absolute atomic E-state index is 12.2. The second-order valence-corrected chi connectivity index (χ2v) is 7.91. The van der Waals surface area contributed by atoms with Crippen molar-refractivity contribution in [3.63, 3.8) is 0 Å². The molecule has 0 radical (unpaired) electrons. The first-order valence-electron chi connectivity index (χ1n) is 10.7. The molecule has 168 valence electrons. The van der Waals surface area contributed by atoms with E-state index in [-0.39, 0.29) is 6.04 Å². The Morgan fingerprint density at radius 1 is 1.03 bits per heavy atom. The van der Waals surface area contributed by atoms with Crippen LogP contribution in [0.1, 0.15) is 36.4 Å². The molecule has 4 rings (SSSR count). The number of rotatable bonds is 7. The highest BCUT2D eigenvalue weighted by Gasteiger charge is 2.36. The first-order chi connectivity index (χ1) is 15.6. The van der Waals surface area contributed by atoms with Crippen LogP contribution in [0, 0.1) is 0 Å². The van der Waals surface area contributed by atoms with E-state index in [2.05, 4.69) is 16.0 Å². The summed E-state index contributed by atoms with van der Waals surface area (Å²) in [5.74, 6) is 0.757. The SMILES string of the molecule is COc1cc(C(c2cnc3ccccc3c2)N2CCCCC2C(=O)O)cc(OC)c1OC. The van der Waals surface area contributed by atoms with Crippen molar-refractivity contribution < 1.29 is 24.1 Å². The summed E-state index contributed by atoms with van der Waals surface area (Å²) in [4.78, 5) is 18.9. The minimum absolute atomic E-state index is 0.331. The molecule has 2 unspecified atom stereocenters. The Labute approximate surface area is 187 Å². The smallest absolute Gasteiger partial charge is 0.320 e. The third kappa shape index (κ3) is 4.08. The van der Waals surface area contributed by atoms with Crippen molar-refractivity contribution in [3.05, 3.63) is 59.8 Å². The lowest BCUT2D eigenvalue weighted by molar-refractivity contribution is -0.145. The normalized spacial score (nSPS) is 17.7. The maximum Gasteiger partial charge on any atom is 0.320 e. The Morgan fingerprint density at radius 3 is 2.41 bits per heavy atom. The topological polar surface area (TPSA) is 81.1 Å². The van der Waals surface area contributed by atoms with Gasteiger partial charge >= 0.3 is 5.97 Å². The molecule has 1 N–H and O–H groups in total. The zero-order valence-corrected chi connectivity index (χ0v) is 18.6. The van der Waals surface area contributed by atoms with Crippen LogP contribution in [-0.4, -0.2) is 54.9 Å². The highest BCUT2D eigenvalue weighted by Crippen LogP contribution is 2.43. The van der Waals surface area contributed by atoms with E-state index in [1.807, 2.05) is 42.6 Å². The number of hydrogen-bond acceptors (Lipinski definition) is 6. The zero-order chi connectivity index (χ0) is 22.7. The molecule has 2 aromatic carbocycles. The Bertz CT molecular complexity index is 1090. The first-order valence-corrected chi connectivity index (χ1v) is 10.7. The van der Waals surface area contributed by atoms with Gasteiger partial charge < -0.3 is 19.3 Å².